The van der Waals surface area contributed by atoms with Crippen molar-refractivity contribution in [3.63, 3.8) is 0 Å². The van der Waals surface area contributed by atoms with Gasteiger partial charge in [0.15, 0.2) is 5.76 Å². The largest absolute Gasteiger partial charge is 0.378 e. The van der Waals surface area contributed by atoms with Crippen molar-refractivity contribution in [3.05, 3.63) is 71.3 Å². The van der Waals surface area contributed by atoms with Gasteiger partial charge in [0.1, 0.15) is 4.90 Å². The highest BCUT2D eigenvalue weighted by molar-refractivity contribution is 7.87. The number of aryl methyl sites for hydroxylation is 2. The van der Waals surface area contributed by atoms with E-state index in [1.165, 1.54) is 12.1 Å². The van der Waals surface area contributed by atoms with Crippen LogP contribution in [0.15, 0.2) is 59.5 Å². The first-order valence-electron chi connectivity index (χ1n) is 6.60. The Morgan fingerprint density at radius 1 is 1.00 bits per heavy atom. The van der Waals surface area contributed by atoms with Crippen LogP contribution in [-0.2, 0) is 14.3 Å². The molecule has 2 aromatic carbocycles. The lowest BCUT2D eigenvalue weighted by atomic mass is 10.1. The normalized spacial score (nSPS) is 11.8. The molecule has 0 fully saturated rings. The maximum atomic E-state index is 12.3. The molecule has 0 radical (unpaired) electrons. The average Bonchev–Trinajstić information content (AvgIpc) is 2.48. The van der Waals surface area contributed by atoms with E-state index in [0.717, 1.165) is 17.2 Å². The molecule has 0 spiro atoms. The number of hydrogen-bond acceptors (Lipinski definition) is 4. The van der Waals surface area contributed by atoms with Gasteiger partial charge in [-0.15, -0.1) is 0 Å². The number of allylic oxidation sites excluding steroid dienone is 1. The first kappa shape index (κ1) is 15.8. The van der Waals surface area contributed by atoms with Gasteiger partial charge in [0.05, 0.1) is 12.1 Å². The molecule has 2 rings (SSSR count). The van der Waals surface area contributed by atoms with E-state index >= 15 is 0 Å². The number of rotatable bonds is 4. The number of nitriles is 1. The molecular weight excluding hydrogens is 298 g/mol. The number of hydrogen-bond donors (Lipinski definition) is 0. The van der Waals surface area contributed by atoms with Crippen LogP contribution in [0.25, 0.3) is 5.76 Å². The highest BCUT2D eigenvalue weighted by Gasteiger charge is 2.18. The van der Waals surface area contributed by atoms with Crippen LogP contribution in [0.5, 0.6) is 0 Å². The lowest BCUT2D eigenvalue weighted by molar-refractivity contribution is 0.463. The predicted octanol–water partition coefficient (Wildman–Crippen LogP) is 3.57. The molecule has 0 saturated carbocycles. The first-order valence-corrected chi connectivity index (χ1v) is 8.01. The van der Waals surface area contributed by atoms with E-state index < -0.39 is 10.1 Å². The fourth-order valence-electron chi connectivity index (χ4n) is 1.80. The Morgan fingerprint density at radius 3 is 2.00 bits per heavy atom. The van der Waals surface area contributed by atoms with Crippen LogP contribution in [0.2, 0.25) is 0 Å². The lowest BCUT2D eigenvalue weighted by Crippen LogP contribution is -2.06. The van der Waals surface area contributed by atoms with Crippen molar-refractivity contribution in [3.8, 4) is 6.07 Å². The topological polar surface area (TPSA) is 67.2 Å². The fourth-order valence-corrected chi connectivity index (χ4v) is 2.75. The second kappa shape index (κ2) is 6.46. The first-order chi connectivity index (χ1) is 10.4. The molecule has 0 N–H and O–H groups in total. The van der Waals surface area contributed by atoms with Crippen molar-refractivity contribution in [2.75, 3.05) is 0 Å². The van der Waals surface area contributed by atoms with Crippen molar-refractivity contribution >= 4 is 15.9 Å². The summed E-state index contributed by atoms with van der Waals surface area (Å²) in [6.07, 6.45) is 1.08. The highest BCUT2D eigenvalue weighted by Crippen LogP contribution is 2.23. The molecule has 0 aromatic heterocycles. The molecule has 0 bridgehead atoms. The van der Waals surface area contributed by atoms with E-state index in [0.29, 0.717) is 5.56 Å². The van der Waals surface area contributed by atoms with Gasteiger partial charge in [-0.05, 0) is 26.0 Å². The minimum Gasteiger partial charge on any atom is -0.378 e. The van der Waals surface area contributed by atoms with E-state index in [-0.39, 0.29) is 10.7 Å². The summed E-state index contributed by atoms with van der Waals surface area (Å²) < 4.78 is 29.7. The fraction of sp³-hybridized carbons (Fsp3) is 0.118. The van der Waals surface area contributed by atoms with Crippen molar-refractivity contribution in [1.29, 1.82) is 5.26 Å². The molecular formula is C17H15NO3S. The summed E-state index contributed by atoms with van der Waals surface area (Å²) in [4.78, 5) is 0.0500. The summed E-state index contributed by atoms with van der Waals surface area (Å²) in [6.45, 7) is 3.78. The lowest BCUT2D eigenvalue weighted by Gasteiger charge is -2.10. The van der Waals surface area contributed by atoms with E-state index in [4.69, 9.17) is 9.44 Å². The molecule has 0 unspecified atom stereocenters. The molecule has 0 amide bonds. The molecule has 4 nitrogen and oxygen atoms in total. The van der Waals surface area contributed by atoms with Crippen LogP contribution in [0.1, 0.15) is 16.7 Å². The minimum atomic E-state index is -3.98. The van der Waals surface area contributed by atoms with Gasteiger partial charge in [-0.2, -0.15) is 13.7 Å². The maximum Gasteiger partial charge on any atom is 0.339 e. The van der Waals surface area contributed by atoms with Gasteiger partial charge >= 0.3 is 10.1 Å². The van der Waals surface area contributed by atoms with Crippen LogP contribution in [0, 0.1) is 25.2 Å². The zero-order valence-corrected chi connectivity index (χ0v) is 13.1. The summed E-state index contributed by atoms with van der Waals surface area (Å²) in [5, 5.41) is 8.86. The van der Waals surface area contributed by atoms with Crippen molar-refractivity contribution in [1.82, 2.24) is 0 Å². The second-order valence-corrected chi connectivity index (χ2v) is 6.40. The molecule has 0 atom stereocenters. The quantitative estimate of drug-likeness (QED) is 0.491. The van der Waals surface area contributed by atoms with E-state index in [1.54, 1.807) is 24.3 Å². The van der Waals surface area contributed by atoms with E-state index in [9.17, 15) is 8.42 Å². The zero-order valence-electron chi connectivity index (χ0n) is 12.3. The average molecular weight is 313 g/mol. The SMILES string of the molecule is Cc1ccc(/C(=C/C#N)OS(=O)(=O)c2ccc(C)cc2)cc1. The van der Waals surface area contributed by atoms with E-state index in [2.05, 4.69) is 0 Å². The Kier molecular flexibility index (Phi) is 4.64. The summed E-state index contributed by atoms with van der Waals surface area (Å²) in [5.41, 5.74) is 2.51. The molecule has 112 valence electrons. The van der Waals surface area contributed by atoms with Gasteiger partial charge in [-0.3, -0.25) is 0 Å². The van der Waals surface area contributed by atoms with Crippen LogP contribution in [0.3, 0.4) is 0 Å². The Hall–Kier alpha value is -2.58. The van der Waals surface area contributed by atoms with Gasteiger partial charge in [0.2, 0.25) is 0 Å². The maximum absolute atomic E-state index is 12.3. The van der Waals surface area contributed by atoms with Gasteiger partial charge in [-0.1, -0.05) is 47.5 Å². The van der Waals surface area contributed by atoms with Gasteiger partial charge in [-0.25, -0.2) is 0 Å². The van der Waals surface area contributed by atoms with Crippen LogP contribution in [-0.4, -0.2) is 8.42 Å². The molecule has 22 heavy (non-hydrogen) atoms. The third kappa shape index (κ3) is 3.74. The summed E-state index contributed by atoms with van der Waals surface area (Å²) >= 11 is 0. The number of nitrogens with zero attached hydrogens (tertiary/aromatic N) is 1. The van der Waals surface area contributed by atoms with Crippen molar-refractivity contribution in [2.45, 2.75) is 18.7 Å². The molecule has 0 saturated heterocycles. The van der Waals surface area contributed by atoms with Crippen LogP contribution >= 0.6 is 0 Å². The third-order valence-electron chi connectivity index (χ3n) is 3.04. The smallest absolute Gasteiger partial charge is 0.339 e. The van der Waals surface area contributed by atoms with Crippen molar-refractivity contribution < 1.29 is 12.6 Å². The van der Waals surface area contributed by atoms with Crippen molar-refractivity contribution in [2.24, 2.45) is 0 Å². The Labute approximate surface area is 130 Å². The second-order valence-electron chi connectivity index (χ2n) is 4.85. The Balaban J connectivity index is 2.36. The summed E-state index contributed by atoms with van der Waals surface area (Å²) in [5.74, 6) is 0.00285. The summed E-state index contributed by atoms with van der Waals surface area (Å²) in [7, 11) is -3.98. The Morgan fingerprint density at radius 2 is 1.50 bits per heavy atom. The molecule has 0 heterocycles. The Bertz CT molecular complexity index is 827. The molecule has 5 heteroatoms. The van der Waals surface area contributed by atoms with Crippen LogP contribution < -0.4 is 0 Å². The zero-order chi connectivity index (χ0) is 16.2. The van der Waals surface area contributed by atoms with E-state index in [1.807, 2.05) is 32.0 Å². The molecule has 0 aliphatic rings. The van der Waals surface area contributed by atoms with Gasteiger partial charge in [0, 0.05) is 5.56 Å². The predicted molar refractivity (Wildman–Crippen MR) is 84.2 cm³/mol. The van der Waals surface area contributed by atoms with Crippen LogP contribution in [0.4, 0.5) is 0 Å². The molecule has 2 aromatic rings. The molecule has 0 aliphatic heterocycles. The summed E-state index contributed by atoms with van der Waals surface area (Å²) in [6, 6.07) is 15.2. The molecule has 0 aliphatic carbocycles. The van der Waals surface area contributed by atoms with Gasteiger partial charge in [0.25, 0.3) is 0 Å². The third-order valence-corrected chi connectivity index (χ3v) is 4.29. The number of benzene rings is 2. The standard InChI is InChI=1S/C17H15NO3S/c1-13-3-7-15(8-4-13)17(11-12-18)21-22(19,20)16-9-5-14(2)6-10-16/h3-11H,1-2H3/b17-11-. The monoisotopic (exact) mass is 313 g/mol. The minimum absolute atomic E-state index is 0.00285. The highest BCUT2D eigenvalue weighted by atomic mass is 32.2. The van der Waals surface area contributed by atoms with Gasteiger partial charge < -0.3 is 4.18 Å².